The standard InChI is InChI=1S/C14H10F6N2/c15-13(16,17)9-3-1-5-11(7-9)21-22-12-6-2-4-10(8-12)14(18,19)20/h1-8,21-22H. The Morgan fingerprint density at radius 2 is 0.955 bits per heavy atom. The summed E-state index contributed by atoms with van der Waals surface area (Å²) in [7, 11) is 0. The number of benzene rings is 2. The Morgan fingerprint density at radius 1 is 0.591 bits per heavy atom. The van der Waals surface area contributed by atoms with Gasteiger partial charge in [-0.15, -0.1) is 0 Å². The maximum absolute atomic E-state index is 12.5. The Bertz CT molecular complexity index is 591. The molecule has 2 N–H and O–H groups in total. The van der Waals surface area contributed by atoms with E-state index < -0.39 is 23.5 Å². The van der Waals surface area contributed by atoms with Crippen LogP contribution in [0.15, 0.2) is 48.5 Å². The van der Waals surface area contributed by atoms with Gasteiger partial charge < -0.3 is 10.9 Å². The minimum atomic E-state index is -4.49. The number of rotatable bonds is 3. The molecule has 0 unspecified atom stereocenters. The molecule has 0 bridgehead atoms. The summed E-state index contributed by atoms with van der Waals surface area (Å²) in [5.41, 5.74) is 3.31. The molecule has 2 rings (SSSR count). The number of hydrazine groups is 1. The van der Waals surface area contributed by atoms with Crippen molar-refractivity contribution >= 4 is 11.4 Å². The summed E-state index contributed by atoms with van der Waals surface area (Å²) in [6.45, 7) is 0. The normalized spacial score (nSPS) is 12.1. The molecule has 0 aliphatic carbocycles. The van der Waals surface area contributed by atoms with Gasteiger partial charge in [0.1, 0.15) is 0 Å². The van der Waals surface area contributed by atoms with Crippen molar-refractivity contribution in [2.24, 2.45) is 0 Å². The number of halogens is 6. The van der Waals surface area contributed by atoms with Crippen molar-refractivity contribution in [3.05, 3.63) is 59.7 Å². The van der Waals surface area contributed by atoms with Crippen molar-refractivity contribution in [1.29, 1.82) is 0 Å². The third-order valence-electron chi connectivity index (χ3n) is 2.73. The van der Waals surface area contributed by atoms with Gasteiger partial charge in [-0.25, -0.2) is 0 Å². The molecule has 118 valence electrons. The lowest BCUT2D eigenvalue weighted by Gasteiger charge is -2.13. The van der Waals surface area contributed by atoms with E-state index in [-0.39, 0.29) is 11.4 Å². The molecule has 2 aromatic carbocycles. The quantitative estimate of drug-likeness (QED) is 0.603. The second-order valence-corrected chi connectivity index (χ2v) is 4.41. The second kappa shape index (κ2) is 5.78. The van der Waals surface area contributed by atoms with Crippen LogP contribution in [0.5, 0.6) is 0 Å². The number of alkyl halides is 6. The number of hydrogen-bond donors (Lipinski definition) is 2. The van der Waals surface area contributed by atoms with E-state index in [9.17, 15) is 26.3 Å². The summed E-state index contributed by atoms with van der Waals surface area (Å²) in [4.78, 5) is 0. The molecule has 0 saturated heterocycles. The summed E-state index contributed by atoms with van der Waals surface area (Å²) in [6, 6.07) is 8.59. The molecule has 0 fully saturated rings. The van der Waals surface area contributed by atoms with Crippen LogP contribution in [0.25, 0.3) is 0 Å². The Balaban J connectivity index is 2.11. The highest BCUT2D eigenvalue weighted by molar-refractivity contribution is 5.54. The van der Waals surface area contributed by atoms with E-state index in [0.29, 0.717) is 0 Å². The van der Waals surface area contributed by atoms with Crippen LogP contribution in [0.3, 0.4) is 0 Å². The summed E-state index contributed by atoms with van der Waals surface area (Å²) in [5, 5.41) is 0. The van der Waals surface area contributed by atoms with Gasteiger partial charge in [0.25, 0.3) is 0 Å². The van der Waals surface area contributed by atoms with Crippen LogP contribution in [0.4, 0.5) is 37.7 Å². The zero-order chi connectivity index (χ0) is 16.4. The molecular weight excluding hydrogens is 310 g/mol. The van der Waals surface area contributed by atoms with Gasteiger partial charge in [0, 0.05) is 0 Å². The van der Waals surface area contributed by atoms with E-state index >= 15 is 0 Å². The van der Waals surface area contributed by atoms with Crippen LogP contribution < -0.4 is 10.9 Å². The van der Waals surface area contributed by atoms with E-state index in [0.717, 1.165) is 24.3 Å². The highest BCUT2D eigenvalue weighted by Crippen LogP contribution is 2.32. The molecule has 2 aromatic rings. The van der Waals surface area contributed by atoms with E-state index in [2.05, 4.69) is 10.9 Å². The van der Waals surface area contributed by atoms with Crippen LogP contribution in [-0.2, 0) is 12.4 Å². The Hall–Kier alpha value is -2.38. The Morgan fingerprint density at radius 3 is 1.27 bits per heavy atom. The molecule has 0 spiro atoms. The third kappa shape index (κ3) is 4.06. The molecule has 0 heterocycles. The van der Waals surface area contributed by atoms with Crippen molar-refractivity contribution in [3.8, 4) is 0 Å². The Kier molecular flexibility index (Phi) is 4.20. The first kappa shape index (κ1) is 16.0. The largest absolute Gasteiger partial charge is 0.416 e. The lowest BCUT2D eigenvalue weighted by Crippen LogP contribution is -2.12. The van der Waals surface area contributed by atoms with E-state index in [1.165, 1.54) is 24.3 Å². The van der Waals surface area contributed by atoms with Gasteiger partial charge in [0.05, 0.1) is 22.5 Å². The average Bonchev–Trinajstić information content (AvgIpc) is 2.44. The molecule has 0 atom stereocenters. The highest BCUT2D eigenvalue weighted by Gasteiger charge is 2.31. The van der Waals surface area contributed by atoms with Gasteiger partial charge in [-0.2, -0.15) is 26.3 Å². The lowest BCUT2D eigenvalue weighted by molar-refractivity contribution is -0.138. The zero-order valence-corrected chi connectivity index (χ0v) is 10.9. The highest BCUT2D eigenvalue weighted by atomic mass is 19.4. The fraction of sp³-hybridized carbons (Fsp3) is 0.143. The van der Waals surface area contributed by atoms with E-state index in [1.807, 2.05) is 0 Å². The molecule has 2 nitrogen and oxygen atoms in total. The predicted molar refractivity (Wildman–Crippen MR) is 70.1 cm³/mol. The maximum atomic E-state index is 12.5. The third-order valence-corrected chi connectivity index (χ3v) is 2.73. The van der Waals surface area contributed by atoms with Crippen molar-refractivity contribution in [3.63, 3.8) is 0 Å². The SMILES string of the molecule is FC(F)(F)c1cccc(NNc2cccc(C(F)(F)F)c2)c1. The summed E-state index contributed by atoms with van der Waals surface area (Å²) < 4.78 is 75.3. The molecular formula is C14H10F6N2. The van der Waals surface area contributed by atoms with Crippen molar-refractivity contribution in [1.82, 2.24) is 0 Å². The fourth-order valence-corrected chi connectivity index (χ4v) is 1.69. The van der Waals surface area contributed by atoms with Gasteiger partial charge in [-0.3, -0.25) is 0 Å². The molecule has 8 heteroatoms. The first-order valence-electron chi connectivity index (χ1n) is 6.03. The summed E-state index contributed by atoms with van der Waals surface area (Å²) in [5.74, 6) is 0. The smallest absolute Gasteiger partial charge is 0.301 e. The first-order chi connectivity index (χ1) is 10.2. The van der Waals surface area contributed by atoms with Gasteiger partial charge in [-0.1, -0.05) is 12.1 Å². The molecule has 22 heavy (non-hydrogen) atoms. The fourth-order valence-electron chi connectivity index (χ4n) is 1.69. The van der Waals surface area contributed by atoms with E-state index in [1.54, 1.807) is 0 Å². The molecule has 0 amide bonds. The lowest BCUT2D eigenvalue weighted by atomic mass is 10.2. The molecule has 0 aromatic heterocycles. The predicted octanol–water partition coefficient (Wildman–Crippen LogP) is 5.16. The zero-order valence-electron chi connectivity index (χ0n) is 10.9. The maximum Gasteiger partial charge on any atom is 0.416 e. The Labute approximate surface area is 121 Å². The van der Waals surface area contributed by atoms with Crippen molar-refractivity contribution < 1.29 is 26.3 Å². The minimum absolute atomic E-state index is 0.0761. The average molecular weight is 320 g/mol. The van der Waals surface area contributed by atoms with Crippen LogP contribution in [-0.4, -0.2) is 0 Å². The topological polar surface area (TPSA) is 24.1 Å². The van der Waals surface area contributed by atoms with Crippen LogP contribution in [0.1, 0.15) is 11.1 Å². The van der Waals surface area contributed by atoms with Gasteiger partial charge in [0.15, 0.2) is 0 Å². The van der Waals surface area contributed by atoms with Gasteiger partial charge in [-0.05, 0) is 36.4 Å². The van der Waals surface area contributed by atoms with Crippen LogP contribution in [0.2, 0.25) is 0 Å². The number of anilines is 2. The van der Waals surface area contributed by atoms with Crippen molar-refractivity contribution in [2.45, 2.75) is 12.4 Å². The van der Waals surface area contributed by atoms with Gasteiger partial charge in [0.2, 0.25) is 0 Å². The summed E-state index contributed by atoms with van der Waals surface area (Å²) >= 11 is 0. The van der Waals surface area contributed by atoms with E-state index in [4.69, 9.17) is 0 Å². The first-order valence-corrected chi connectivity index (χ1v) is 6.03. The monoisotopic (exact) mass is 320 g/mol. The number of hydrogen-bond acceptors (Lipinski definition) is 2. The van der Waals surface area contributed by atoms with Crippen LogP contribution >= 0.6 is 0 Å². The second-order valence-electron chi connectivity index (χ2n) is 4.41. The van der Waals surface area contributed by atoms with Crippen molar-refractivity contribution in [2.75, 3.05) is 10.9 Å². The van der Waals surface area contributed by atoms with Crippen LogP contribution in [0, 0.1) is 0 Å². The molecule has 0 aliphatic heterocycles. The minimum Gasteiger partial charge on any atom is -0.301 e. The number of nitrogens with one attached hydrogen (secondary N) is 2. The molecule has 0 radical (unpaired) electrons. The molecule has 0 saturated carbocycles. The molecule has 0 aliphatic rings. The summed E-state index contributed by atoms with van der Waals surface area (Å²) in [6.07, 6.45) is -8.98. The van der Waals surface area contributed by atoms with Gasteiger partial charge >= 0.3 is 12.4 Å².